The zero-order valence-corrected chi connectivity index (χ0v) is 17.8. The second kappa shape index (κ2) is 7.88. The van der Waals surface area contributed by atoms with Crippen molar-refractivity contribution in [3.05, 3.63) is 64.6 Å². The summed E-state index contributed by atoms with van der Waals surface area (Å²) in [5.74, 6) is -0.269. The highest BCUT2D eigenvalue weighted by Crippen LogP contribution is 2.33. The summed E-state index contributed by atoms with van der Waals surface area (Å²) in [6.07, 6.45) is 9.20. The lowest BCUT2D eigenvalue weighted by atomic mass is 9.86. The molecule has 3 aromatic rings. The lowest BCUT2D eigenvalue weighted by molar-refractivity contribution is 0.0339. The fourth-order valence-electron chi connectivity index (χ4n) is 5.17. The van der Waals surface area contributed by atoms with Gasteiger partial charge in [0, 0.05) is 35.0 Å². The molecule has 0 radical (unpaired) electrons. The third-order valence-corrected chi connectivity index (χ3v) is 6.83. The third-order valence-electron chi connectivity index (χ3n) is 6.83. The minimum absolute atomic E-state index is 0.269. The van der Waals surface area contributed by atoms with Gasteiger partial charge in [0.1, 0.15) is 6.10 Å². The van der Waals surface area contributed by atoms with Crippen LogP contribution in [0.1, 0.15) is 65.0 Å². The lowest BCUT2D eigenvalue weighted by Crippen LogP contribution is -2.37. The van der Waals surface area contributed by atoms with Crippen LogP contribution in [0.4, 0.5) is 0 Å². The Morgan fingerprint density at radius 1 is 1.20 bits per heavy atom. The fraction of sp³-hybridized carbons (Fsp3) is 0.440. The zero-order chi connectivity index (χ0) is 20.7. The third kappa shape index (κ3) is 3.52. The quantitative estimate of drug-likeness (QED) is 0.639. The molecule has 2 aliphatic rings. The zero-order valence-electron chi connectivity index (χ0n) is 17.8. The number of nitrogens with zero attached hydrogens (tertiary/aromatic N) is 2. The van der Waals surface area contributed by atoms with Gasteiger partial charge in [0.05, 0.1) is 5.56 Å². The molecule has 5 nitrogen and oxygen atoms in total. The Bertz CT molecular complexity index is 1070. The Hall–Kier alpha value is -2.66. The molecular formula is C25H29N3O2. The van der Waals surface area contributed by atoms with Crippen molar-refractivity contribution in [3.8, 4) is 0 Å². The number of pyridine rings is 1. The second-order valence-corrected chi connectivity index (χ2v) is 8.76. The van der Waals surface area contributed by atoms with Crippen LogP contribution in [0.15, 0.2) is 36.7 Å². The van der Waals surface area contributed by atoms with Crippen LogP contribution in [0, 0.1) is 6.92 Å². The monoisotopic (exact) mass is 403 g/mol. The summed E-state index contributed by atoms with van der Waals surface area (Å²) in [5.41, 5.74) is 6.33. The maximum Gasteiger partial charge on any atom is 0.341 e. The van der Waals surface area contributed by atoms with Gasteiger partial charge < -0.3 is 14.6 Å². The molecule has 1 aliphatic carbocycles. The van der Waals surface area contributed by atoms with Gasteiger partial charge in [-0.2, -0.15) is 0 Å². The van der Waals surface area contributed by atoms with Crippen LogP contribution < -0.4 is 0 Å². The van der Waals surface area contributed by atoms with Gasteiger partial charge >= 0.3 is 5.97 Å². The molecule has 5 heteroatoms. The normalized spacial score (nSPS) is 20.3. The number of likely N-dealkylation sites (tertiary alicyclic amines) is 1. The van der Waals surface area contributed by atoms with E-state index in [9.17, 15) is 4.79 Å². The van der Waals surface area contributed by atoms with Crippen molar-refractivity contribution >= 4 is 16.9 Å². The molecule has 5 rings (SSSR count). The minimum Gasteiger partial charge on any atom is -0.454 e. The van der Waals surface area contributed by atoms with Crippen molar-refractivity contribution in [1.82, 2.24) is 14.9 Å². The van der Waals surface area contributed by atoms with E-state index in [0.29, 0.717) is 11.6 Å². The molecule has 0 bridgehead atoms. The van der Waals surface area contributed by atoms with Crippen LogP contribution in [-0.2, 0) is 17.6 Å². The van der Waals surface area contributed by atoms with Crippen LogP contribution in [0.5, 0.6) is 0 Å². The molecule has 156 valence electrons. The van der Waals surface area contributed by atoms with Gasteiger partial charge in [0.25, 0.3) is 0 Å². The molecule has 0 amide bonds. The average molecular weight is 404 g/mol. The number of rotatable bonds is 4. The van der Waals surface area contributed by atoms with Gasteiger partial charge in [-0.15, -0.1) is 0 Å². The van der Waals surface area contributed by atoms with E-state index in [0.717, 1.165) is 35.0 Å². The summed E-state index contributed by atoms with van der Waals surface area (Å²) in [7, 11) is 0. The van der Waals surface area contributed by atoms with E-state index in [1.54, 1.807) is 12.4 Å². The van der Waals surface area contributed by atoms with E-state index in [1.807, 2.05) is 26.0 Å². The topological polar surface area (TPSA) is 58.2 Å². The molecule has 1 unspecified atom stereocenters. The molecule has 2 atom stereocenters. The number of aromatic nitrogens is 2. The number of fused-ring (bicyclic) bond motifs is 2. The second-order valence-electron chi connectivity index (χ2n) is 8.76. The van der Waals surface area contributed by atoms with Crippen molar-refractivity contribution in [3.63, 3.8) is 0 Å². The molecule has 1 aromatic carbocycles. The molecule has 1 saturated heterocycles. The number of aryl methyl sites for hydroxylation is 2. The molecule has 3 heterocycles. The number of hydrogen-bond acceptors (Lipinski definition) is 4. The standard InChI is InChI=1S/C25H29N3O2/c1-16-24(25(29)30-17(2)18-7-9-26-10-8-18)22-14-20-13-21(28-11-3-4-12-28)6-5-19(20)15-23(22)27-16/h7-10,14-15,17,21,27H,3-6,11-13H2,1-2H3/t17-,21?/m0/s1. The number of nitrogens with one attached hydrogen (secondary N) is 1. The summed E-state index contributed by atoms with van der Waals surface area (Å²) in [6, 6.07) is 8.90. The summed E-state index contributed by atoms with van der Waals surface area (Å²) in [6.45, 7) is 6.32. The highest BCUT2D eigenvalue weighted by molar-refractivity contribution is 6.06. The predicted octanol–water partition coefficient (Wildman–Crippen LogP) is 4.74. The lowest BCUT2D eigenvalue weighted by Gasteiger charge is -2.32. The number of carbonyl (C=O) groups excluding carboxylic acids is 1. The highest BCUT2D eigenvalue weighted by atomic mass is 16.5. The highest BCUT2D eigenvalue weighted by Gasteiger charge is 2.28. The molecule has 0 spiro atoms. The smallest absolute Gasteiger partial charge is 0.341 e. The van der Waals surface area contributed by atoms with Crippen LogP contribution >= 0.6 is 0 Å². The van der Waals surface area contributed by atoms with Gasteiger partial charge in [-0.1, -0.05) is 0 Å². The summed E-state index contributed by atoms with van der Waals surface area (Å²) in [5, 5.41) is 0.986. The van der Waals surface area contributed by atoms with Crippen LogP contribution in [0.25, 0.3) is 10.9 Å². The van der Waals surface area contributed by atoms with Crippen molar-refractivity contribution < 1.29 is 9.53 Å². The van der Waals surface area contributed by atoms with Gasteiger partial charge in [0.15, 0.2) is 0 Å². The molecular weight excluding hydrogens is 374 g/mol. The van der Waals surface area contributed by atoms with Crippen molar-refractivity contribution in [2.75, 3.05) is 13.1 Å². The molecule has 2 aromatic heterocycles. The van der Waals surface area contributed by atoms with Crippen LogP contribution in [-0.4, -0.2) is 40.0 Å². The Morgan fingerprint density at radius 3 is 2.73 bits per heavy atom. The molecule has 1 N–H and O–H groups in total. The Labute approximate surface area is 177 Å². The molecule has 30 heavy (non-hydrogen) atoms. The number of esters is 1. The van der Waals surface area contributed by atoms with Gasteiger partial charge in [0.2, 0.25) is 0 Å². The van der Waals surface area contributed by atoms with Crippen molar-refractivity contribution in [1.29, 1.82) is 0 Å². The Morgan fingerprint density at radius 2 is 1.97 bits per heavy atom. The number of carbonyl (C=O) groups is 1. The number of hydrogen-bond donors (Lipinski definition) is 1. The first kappa shape index (κ1) is 19.3. The minimum atomic E-state index is -0.318. The van der Waals surface area contributed by atoms with E-state index >= 15 is 0 Å². The number of benzene rings is 1. The van der Waals surface area contributed by atoms with Gasteiger partial charge in [-0.05, 0) is 100.0 Å². The molecule has 1 aliphatic heterocycles. The average Bonchev–Trinajstić information content (AvgIpc) is 3.39. The summed E-state index contributed by atoms with van der Waals surface area (Å²) in [4.78, 5) is 23.2. The maximum atomic E-state index is 13.1. The first-order valence-corrected chi connectivity index (χ1v) is 11.1. The van der Waals surface area contributed by atoms with Crippen LogP contribution in [0.2, 0.25) is 0 Å². The SMILES string of the molecule is Cc1[nH]c2cc3c(cc2c1C(=O)O[C@@H](C)c1ccncc1)CC(N1CCCC1)CC3. The van der Waals surface area contributed by atoms with Crippen molar-refractivity contribution in [2.45, 2.75) is 58.1 Å². The van der Waals surface area contributed by atoms with Gasteiger partial charge in [-0.3, -0.25) is 4.98 Å². The van der Waals surface area contributed by atoms with E-state index in [2.05, 4.69) is 27.0 Å². The number of ether oxygens (including phenoxy) is 1. The first-order chi connectivity index (χ1) is 14.6. The number of H-pyrrole nitrogens is 1. The fourth-order valence-corrected chi connectivity index (χ4v) is 5.17. The van der Waals surface area contributed by atoms with Crippen molar-refractivity contribution in [2.24, 2.45) is 0 Å². The Balaban J connectivity index is 1.43. The largest absolute Gasteiger partial charge is 0.454 e. The molecule has 1 fully saturated rings. The Kier molecular flexibility index (Phi) is 5.07. The summed E-state index contributed by atoms with van der Waals surface area (Å²) < 4.78 is 5.82. The van der Waals surface area contributed by atoms with E-state index in [4.69, 9.17) is 4.74 Å². The van der Waals surface area contributed by atoms with Gasteiger partial charge in [-0.25, -0.2) is 4.79 Å². The number of aromatic amines is 1. The summed E-state index contributed by atoms with van der Waals surface area (Å²) >= 11 is 0. The maximum absolute atomic E-state index is 13.1. The van der Waals surface area contributed by atoms with E-state index in [-0.39, 0.29) is 12.1 Å². The predicted molar refractivity (Wildman–Crippen MR) is 118 cm³/mol. The van der Waals surface area contributed by atoms with E-state index < -0.39 is 0 Å². The first-order valence-electron chi connectivity index (χ1n) is 11.1. The van der Waals surface area contributed by atoms with Crippen LogP contribution in [0.3, 0.4) is 0 Å². The molecule has 0 saturated carbocycles. The van der Waals surface area contributed by atoms with E-state index in [1.165, 1.54) is 43.5 Å².